The van der Waals surface area contributed by atoms with E-state index in [2.05, 4.69) is 10.9 Å². The lowest BCUT2D eigenvalue weighted by Gasteiger charge is -1.90. The number of aryl methyl sites for hydroxylation is 1. The van der Waals surface area contributed by atoms with Crippen LogP contribution in [0.15, 0.2) is 22.6 Å². The molecule has 1 aromatic heterocycles. The maximum atomic E-state index is 5.30. The van der Waals surface area contributed by atoms with E-state index in [9.17, 15) is 0 Å². The standard InChI is InChI=1S/C11H9NO2/c1-3-6-13-11-12-9-7-8(2)4-5-10(9)14-11/h1,4-5,7H,6H2,2H3. The molecule has 0 spiro atoms. The Kier molecular flexibility index (Phi) is 2.11. The summed E-state index contributed by atoms with van der Waals surface area (Å²) in [6, 6.07) is 5.75. The summed E-state index contributed by atoms with van der Waals surface area (Å²) in [5.74, 6) is 2.35. The summed E-state index contributed by atoms with van der Waals surface area (Å²) in [4.78, 5) is 4.13. The van der Waals surface area contributed by atoms with Crippen molar-refractivity contribution in [1.29, 1.82) is 0 Å². The van der Waals surface area contributed by atoms with Crippen LogP contribution in [0.25, 0.3) is 11.1 Å². The summed E-state index contributed by atoms with van der Waals surface area (Å²) < 4.78 is 10.4. The zero-order valence-electron chi connectivity index (χ0n) is 7.78. The maximum absolute atomic E-state index is 5.30. The van der Waals surface area contributed by atoms with E-state index in [0.29, 0.717) is 5.58 Å². The smallest absolute Gasteiger partial charge is 0.395 e. The Balaban J connectivity index is 2.37. The van der Waals surface area contributed by atoms with Gasteiger partial charge in [-0.2, -0.15) is 4.98 Å². The van der Waals surface area contributed by atoms with Crippen LogP contribution in [-0.2, 0) is 0 Å². The highest BCUT2D eigenvalue weighted by atomic mass is 16.6. The van der Waals surface area contributed by atoms with E-state index < -0.39 is 0 Å². The van der Waals surface area contributed by atoms with Crippen LogP contribution in [-0.4, -0.2) is 11.6 Å². The van der Waals surface area contributed by atoms with Crippen molar-refractivity contribution >= 4 is 11.1 Å². The van der Waals surface area contributed by atoms with Gasteiger partial charge in [0, 0.05) is 0 Å². The number of ether oxygens (including phenoxy) is 1. The van der Waals surface area contributed by atoms with E-state index in [1.54, 1.807) is 0 Å². The van der Waals surface area contributed by atoms with Gasteiger partial charge in [0.1, 0.15) is 5.52 Å². The van der Waals surface area contributed by atoms with E-state index >= 15 is 0 Å². The number of nitrogens with zero attached hydrogens (tertiary/aromatic N) is 1. The van der Waals surface area contributed by atoms with Gasteiger partial charge in [-0.15, -0.1) is 6.42 Å². The van der Waals surface area contributed by atoms with Crippen LogP contribution in [0.3, 0.4) is 0 Å². The average molecular weight is 187 g/mol. The van der Waals surface area contributed by atoms with E-state index in [4.69, 9.17) is 15.6 Å². The lowest BCUT2D eigenvalue weighted by molar-refractivity contribution is 0.271. The molecular formula is C11H9NO2. The Labute approximate surface area is 81.7 Å². The molecular weight excluding hydrogens is 178 g/mol. The SMILES string of the molecule is C#CCOc1nc2cc(C)ccc2o1. The van der Waals surface area contributed by atoms with Crippen molar-refractivity contribution in [3.05, 3.63) is 23.8 Å². The Morgan fingerprint density at radius 1 is 1.57 bits per heavy atom. The normalized spacial score (nSPS) is 10.0. The lowest BCUT2D eigenvalue weighted by Crippen LogP contribution is -1.92. The van der Waals surface area contributed by atoms with Gasteiger partial charge >= 0.3 is 6.08 Å². The van der Waals surface area contributed by atoms with E-state index in [0.717, 1.165) is 11.1 Å². The molecule has 0 saturated heterocycles. The Morgan fingerprint density at radius 2 is 2.43 bits per heavy atom. The minimum Gasteiger partial charge on any atom is -0.437 e. The molecule has 1 aromatic carbocycles. The molecule has 1 heterocycles. The number of benzene rings is 1. The van der Waals surface area contributed by atoms with Gasteiger partial charge in [0.2, 0.25) is 0 Å². The van der Waals surface area contributed by atoms with Crippen LogP contribution >= 0.6 is 0 Å². The minimum absolute atomic E-state index is 0.172. The number of fused-ring (bicyclic) bond motifs is 1. The molecule has 0 atom stereocenters. The van der Waals surface area contributed by atoms with E-state index in [1.807, 2.05) is 25.1 Å². The summed E-state index contributed by atoms with van der Waals surface area (Å²) in [6.07, 6.45) is 5.28. The molecule has 3 nitrogen and oxygen atoms in total. The molecule has 0 saturated carbocycles. The zero-order valence-corrected chi connectivity index (χ0v) is 7.78. The second-order valence-corrected chi connectivity index (χ2v) is 2.94. The number of oxazole rings is 1. The highest BCUT2D eigenvalue weighted by molar-refractivity contribution is 5.73. The number of hydrogen-bond donors (Lipinski definition) is 0. The fraction of sp³-hybridized carbons (Fsp3) is 0.182. The third-order valence-corrected chi connectivity index (χ3v) is 1.80. The van der Waals surface area contributed by atoms with Gasteiger partial charge in [-0.3, -0.25) is 0 Å². The van der Waals surface area contributed by atoms with Crippen molar-refractivity contribution in [2.45, 2.75) is 6.92 Å². The predicted octanol–water partition coefficient (Wildman–Crippen LogP) is 2.15. The van der Waals surface area contributed by atoms with Gasteiger partial charge in [-0.1, -0.05) is 12.0 Å². The molecule has 0 radical (unpaired) electrons. The first-order valence-electron chi connectivity index (χ1n) is 4.23. The average Bonchev–Trinajstić information content (AvgIpc) is 2.56. The minimum atomic E-state index is 0.172. The Bertz CT molecular complexity index is 493. The maximum Gasteiger partial charge on any atom is 0.395 e. The van der Waals surface area contributed by atoms with E-state index in [-0.39, 0.29) is 12.7 Å². The topological polar surface area (TPSA) is 35.3 Å². The van der Waals surface area contributed by atoms with Crippen molar-refractivity contribution < 1.29 is 9.15 Å². The fourth-order valence-corrected chi connectivity index (χ4v) is 1.18. The number of rotatable bonds is 2. The van der Waals surface area contributed by atoms with Crippen molar-refractivity contribution in [3.8, 4) is 18.4 Å². The monoisotopic (exact) mass is 187 g/mol. The molecule has 0 amide bonds. The van der Waals surface area contributed by atoms with Crippen molar-refractivity contribution in [2.75, 3.05) is 6.61 Å². The van der Waals surface area contributed by atoms with Gasteiger partial charge in [-0.25, -0.2) is 0 Å². The third kappa shape index (κ3) is 1.55. The quantitative estimate of drug-likeness (QED) is 0.676. The molecule has 2 aromatic rings. The molecule has 14 heavy (non-hydrogen) atoms. The number of aromatic nitrogens is 1. The first-order chi connectivity index (χ1) is 6.79. The summed E-state index contributed by atoms with van der Waals surface area (Å²) in [5.41, 5.74) is 2.63. The van der Waals surface area contributed by atoms with Crippen molar-refractivity contribution in [1.82, 2.24) is 4.98 Å². The number of hydrogen-bond acceptors (Lipinski definition) is 3. The highest BCUT2D eigenvalue weighted by Gasteiger charge is 2.05. The Hall–Kier alpha value is -1.95. The molecule has 0 aliphatic rings. The molecule has 2 rings (SSSR count). The van der Waals surface area contributed by atoms with Crippen LogP contribution in [0.4, 0.5) is 0 Å². The van der Waals surface area contributed by atoms with Crippen LogP contribution in [0.2, 0.25) is 0 Å². The van der Waals surface area contributed by atoms with Crippen molar-refractivity contribution in [3.63, 3.8) is 0 Å². The second kappa shape index (κ2) is 3.43. The molecule has 3 heteroatoms. The van der Waals surface area contributed by atoms with Gasteiger partial charge in [-0.05, 0) is 24.6 Å². The molecule has 0 aliphatic heterocycles. The molecule has 0 aliphatic carbocycles. The molecule has 0 bridgehead atoms. The van der Waals surface area contributed by atoms with Crippen LogP contribution in [0.5, 0.6) is 6.08 Å². The summed E-state index contributed by atoms with van der Waals surface area (Å²) >= 11 is 0. The van der Waals surface area contributed by atoms with Gasteiger partial charge in [0.15, 0.2) is 12.2 Å². The van der Waals surface area contributed by atoms with Gasteiger partial charge in [0.05, 0.1) is 0 Å². The van der Waals surface area contributed by atoms with Gasteiger partial charge < -0.3 is 9.15 Å². The van der Waals surface area contributed by atoms with Crippen LogP contribution in [0, 0.1) is 19.3 Å². The van der Waals surface area contributed by atoms with Crippen molar-refractivity contribution in [2.24, 2.45) is 0 Å². The van der Waals surface area contributed by atoms with Crippen LogP contribution < -0.4 is 4.74 Å². The molecule has 0 fully saturated rings. The lowest BCUT2D eigenvalue weighted by atomic mass is 10.2. The molecule has 0 N–H and O–H groups in total. The van der Waals surface area contributed by atoms with E-state index in [1.165, 1.54) is 0 Å². The fourth-order valence-electron chi connectivity index (χ4n) is 1.18. The van der Waals surface area contributed by atoms with Gasteiger partial charge in [0.25, 0.3) is 0 Å². The summed E-state index contributed by atoms with van der Waals surface area (Å²) in [7, 11) is 0. The largest absolute Gasteiger partial charge is 0.437 e. The summed E-state index contributed by atoms with van der Waals surface area (Å²) in [6.45, 7) is 2.17. The first-order valence-corrected chi connectivity index (χ1v) is 4.23. The molecule has 0 unspecified atom stereocenters. The summed E-state index contributed by atoms with van der Waals surface area (Å²) in [5, 5.41) is 0. The highest BCUT2D eigenvalue weighted by Crippen LogP contribution is 2.21. The second-order valence-electron chi connectivity index (χ2n) is 2.94. The first kappa shape index (κ1) is 8.64. The third-order valence-electron chi connectivity index (χ3n) is 1.80. The zero-order chi connectivity index (χ0) is 9.97. The van der Waals surface area contributed by atoms with Crippen LogP contribution in [0.1, 0.15) is 5.56 Å². The predicted molar refractivity (Wildman–Crippen MR) is 53.1 cm³/mol. The Morgan fingerprint density at radius 3 is 3.21 bits per heavy atom. The molecule has 70 valence electrons. The number of terminal acetylenes is 1.